The molecule has 1 N–H and O–H groups in total. The molecule has 2 aromatic rings. The molecule has 1 aromatic heterocycles. The average molecular weight is 381 g/mol. The van der Waals surface area contributed by atoms with E-state index in [1.165, 1.54) is 37.7 Å². The Hall–Kier alpha value is -1.72. The smallest absolute Gasteiger partial charge is 0.229 e. The molecule has 150 valence electrons. The lowest BCUT2D eigenvalue weighted by atomic mass is 9.85. The van der Waals surface area contributed by atoms with E-state index in [-0.39, 0.29) is 5.41 Å². The zero-order chi connectivity index (χ0) is 19.1. The monoisotopic (exact) mass is 380 g/mol. The van der Waals surface area contributed by atoms with Crippen molar-refractivity contribution in [2.75, 3.05) is 20.6 Å². The van der Waals surface area contributed by atoms with E-state index in [1.54, 1.807) is 0 Å². The van der Waals surface area contributed by atoms with Crippen LogP contribution in [0.5, 0.6) is 0 Å². The highest BCUT2D eigenvalue weighted by molar-refractivity contribution is 5.28. The fourth-order valence-corrected chi connectivity index (χ4v) is 4.90. The van der Waals surface area contributed by atoms with E-state index < -0.39 is 0 Å². The molecule has 5 heteroatoms. The molecule has 0 aliphatic heterocycles. The van der Waals surface area contributed by atoms with Gasteiger partial charge in [-0.15, -0.1) is 0 Å². The maximum absolute atomic E-state index is 5.74. The van der Waals surface area contributed by atoms with Crippen LogP contribution in [0.3, 0.4) is 0 Å². The zero-order valence-corrected chi connectivity index (χ0v) is 17.1. The molecule has 0 saturated heterocycles. The van der Waals surface area contributed by atoms with Crippen molar-refractivity contribution in [3.05, 3.63) is 47.6 Å². The van der Waals surface area contributed by atoms with Gasteiger partial charge in [-0.2, -0.15) is 4.98 Å². The Kier molecular flexibility index (Phi) is 4.76. The molecule has 1 unspecified atom stereocenters. The Balaban J connectivity index is 1.16. The Labute approximate surface area is 167 Å². The van der Waals surface area contributed by atoms with Crippen LogP contribution >= 0.6 is 0 Å². The van der Waals surface area contributed by atoms with E-state index in [1.807, 2.05) is 0 Å². The van der Waals surface area contributed by atoms with Gasteiger partial charge in [0, 0.05) is 35.9 Å². The summed E-state index contributed by atoms with van der Waals surface area (Å²) in [7, 11) is 4.36. The Bertz CT molecular complexity index is 790. The van der Waals surface area contributed by atoms with Crippen LogP contribution < -0.4 is 5.32 Å². The Morgan fingerprint density at radius 1 is 1.11 bits per heavy atom. The second kappa shape index (κ2) is 7.27. The molecule has 1 aromatic carbocycles. The first-order chi connectivity index (χ1) is 13.6. The minimum atomic E-state index is 0.117. The molecule has 3 aliphatic rings. The highest BCUT2D eigenvalue weighted by Gasteiger charge is 2.50. The number of aromatic nitrogens is 2. The van der Waals surface area contributed by atoms with Gasteiger partial charge in [-0.3, -0.25) is 0 Å². The minimum Gasteiger partial charge on any atom is -0.339 e. The van der Waals surface area contributed by atoms with E-state index in [9.17, 15) is 0 Å². The first-order valence-corrected chi connectivity index (χ1v) is 10.9. The SMILES string of the molecule is CN(C)C1CCC(c2nc(C3(CNC4C[C@H]4c4ccccc4)CC3)no2)CC1. The van der Waals surface area contributed by atoms with Crippen LogP contribution in [0.15, 0.2) is 34.9 Å². The standard InChI is InChI=1S/C23H32N4O/c1-27(2)18-10-8-17(9-11-18)21-25-22(26-28-21)23(12-13-23)15-24-20-14-19(20)16-6-4-3-5-7-16/h3-7,17-20,24H,8-15H2,1-2H3/t17?,18?,19-,20?/m0/s1. The van der Waals surface area contributed by atoms with Crippen LogP contribution in [0.4, 0.5) is 0 Å². The number of rotatable bonds is 7. The maximum atomic E-state index is 5.74. The Morgan fingerprint density at radius 2 is 1.86 bits per heavy atom. The third-order valence-electron chi connectivity index (χ3n) is 7.27. The zero-order valence-electron chi connectivity index (χ0n) is 17.1. The molecule has 0 amide bonds. The van der Waals surface area contributed by atoms with Crippen molar-refractivity contribution in [1.82, 2.24) is 20.4 Å². The van der Waals surface area contributed by atoms with E-state index in [0.717, 1.165) is 31.1 Å². The second-order valence-electron chi connectivity index (χ2n) is 9.45. The van der Waals surface area contributed by atoms with Crippen LogP contribution in [0.2, 0.25) is 0 Å². The third kappa shape index (κ3) is 3.62. The summed E-state index contributed by atoms with van der Waals surface area (Å²) in [4.78, 5) is 7.23. The van der Waals surface area contributed by atoms with Crippen LogP contribution in [-0.4, -0.2) is 47.8 Å². The molecule has 28 heavy (non-hydrogen) atoms. The fourth-order valence-electron chi connectivity index (χ4n) is 4.90. The molecule has 0 bridgehead atoms. The van der Waals surface area contributed by atoms with Crippen molar-refractivity contribution < 1.29 is 4.52 Å². The summed E-state index contributed by atoms with van der Waals surface area (Å²) in [5.41, 5.74) is 1.58. The normalized spacial score (nSPS) is 31.1. The van der Waals surface area contributed by atoms with Gasteiger partial charge in [-0.05, 0) is 64.6 Å². The molecular weight excluding hydrogens is 348 g/mol. The lowest BCUT2D eigenvalue weighted by Crippen LogP contribution is -2.31. The molecule has 3 aliphatic carbocycles. The van der Waals surface area contributed by atoms with Gasteiger partial charge in [0.05, 0.1) is 0 Å². The predicted octanol–water partition coefficient (Wildman–Crippen LogP) is 3.83. The number of nitrogens with zero attached hydrogens (tertiary/aromatic N) is 3. The summed E-state index contributed by atoms with van der Waals surface area (Å²) in [5.74, 6) is 2.95. The maximum Gasteiger partial charge on any atom is 0.229 e. The van der Waals surface area contributed by atoms with Gasteiger partial charge in [-0.25, -0.2) is 0 Å². The topological polar surface area (TPSA) is 54.2 Å². The van der Waals surface area contributed by atoms with Crippen LogP contribution in [0.25, 0.3) is 0 Å². The van der Waals surface area contributed by atoms with Gasteiger partial charge >= 0.3 is 0 Å². The number of hydrogen-bond acceptors (Lipinski definition) is 5. The van der Waals surface area contributed by atoms with Crippen molar-refractivity contribution in [2.45, 2.75) is 74.3 Å². The average Bonchev–Trinajstić information content (AvgIpc) is 3.64. The van der Waals surface area contributed by atoms with Crippen molar-refractivity contribution in [3.8, 4) is 0 Å². The van der Waals surface area contributed by atoms with Gasteiger partial charge in [0.1, 0.15) is 0 Å². The van der Waals surface area contributed by atoms with E-state index in [4.69, 9.17) is 9.51 Å². The van der Waals surface area contributed by atoms with E-state index in [0.29, 0.717) is 23.9 Å². The highest BCUT2D eigenvalue weighted by Crippen LogP contribution is 2.48. The summed E-state index contributed by atoms with van der Waals surface area (Å²) in [6.45, 7) is 0.980. The van der Waals surface area contributed by atoms with Crippen LogP contribution in [0, 0.1) is 0 Å². The molecule has 0 radical (unpaired) electrons. The molecule has 5 rings (SSSR count). The second-order valence-corrected chi connectivity index (χ2v) is 9.45. The predicted molar refractivity (Wildman–Crippen MR) is 109 cm³/mol. The lowest BCUT2D eigenvalue weighted by molar-refractivity contribution is 0.201. The van der Waals surface area contributed by atoms with E-state index in [2.05, 4.69) is 59.8 Å². The van der Waals surface area contributed by atoms with Gasteiger partial charge in [0.25, 0.3) is 0 Å². The Morgan fingerprint density at radius 3 is 2.54 bits per heavy atom. The molecule has 1 heterocycles. The summed E-state index contributed by atoms with van der Waals surface area (Å²) >= 11 is 0. The van der Waals surface area contributed by atoms with E-state index >= 15 is 0 Å². The quantitative estimate of drug-likeness (QED) is 0.791. The van der Waals surface area contributed by atoms with Gasteiger partial charge in [0.15, 0.2) is 5.82 Å². The molecule has 2 atom stereocenters. The molecular formula is C23H32N4O. The first kappa shape index (κ1) is 18.3. The number of nitrogens with one attached hydrogen (secondary N) is 1. The van der Waals surface area contributed by atoms with Crippen molar-refractivity contribution in [1.29, 1.82) is 0 Å². The summed E-state index contributed by atoms with van der Waals surface area (Å²) < 4.78 is 5.74. The largest absolute Gasteiger partial charge is 0.339 e. The van der Waals surface area contributed by atoms with Gasteiger partial charge in [0.2, 0.25) is 5.89 Å². The van der Waals surface area contributed by atoms with Crippen LogP contribution in [-0.2, 0) is 5.41 Å². The number of benzene rings is 1. The number of hydrogen-bond donors (Lipinski definition) is 1. The molecule has 0 spiro atoms. The summed E-state index contributed by atoms with van der Waals surface area (Å²) in [6.07, 6.45) is 8.37. The minimum absolute atomic E-state index is 0.117. The van der Waals surface area contributed by atoms with Crippen molar-refractivity contribution >= 4 is 0 Å². The summed E-state index contributed by atoms with van der Waals surface area (Å²) in [6, 6.07) is 12.2. The first-order valence-electron chi connectivity index (χ1n) is 10.9. The van der Waals surface area contributed by atoms with Crippen molar-refractivity contribution in [2.24, 2.45) is 0 Å². The fraction of sp³-hybridized carbons (Fsp3) is 0.652. The molecule has 5 nitrogen and oxygen atoms in total. The van der Waals surface area contributed by atoms with Gasteiger partial charge in [-0.1, -0.05) is 35.5 Å². The summed E-state index contributed by atoms with van der Waals surface area (Å²) in [5, 5.41) is 8.21. The van der Waals surface area contributed by atoms with Gasteiger partial charge < -0.3 is 14.7 Å². The third-order valence-corrected chi connectivity index (χ3v) is 7.27. The molecule has 3 saturated carbocycles. The lowest BCUT2D eigenvalue weighted by Gasteiger charge is -2.31. The van der Waals surface area contributed by atoms with Crippen LogP contribution in [0.1, 0.15) is 74.1 Å². The molecule has 3 fully saturated rings. The highest BCUT2D eigenvalue weighted by atomic mass is 16.5. The van der Waals surface area contributed by atoms with Crippen molar-refractivity contribution in [3.63, 3.8) is 0 Å².